The number of carbonyl (C=O) groups excluding carboxylic acids is 1. The van der Waals surface area contributed by atoms with Gasteiger partial charge in [-0.3, -0.25) is 9.79 Å². The Morgan fingerprint density at radius 1 is 1.23 bits per heavy atom. The van der Waals surface area contributed by atoms with Crippen molar-refractivity contribution in [1.82, 2.24) is 20.9 Å². The van der Waals surface area contributed by atoms with E-state index in [1.54, 1.807) is 13.3 Å². The van der Waals surface area contributed by atoms with Crippen molar-refractivity contribution in [2.75, 3.05) is 13.6 Å². The smallest absolute Gasteiger partial charge is 0.226 e. The van der Waals surface area contributed by atoms with E-state index in [-0.39, 0.29) is 11.9 Å². The Labute approximate surface area is 154 Å². The summed E-state index contributed by atoms with van der Waals surface area (Å²) in [5.41, 5.74) is 2.92. The number of benzene rings is 1. The zero-order chi connectivity index (χ0) is 18.9. The lowest BCUT2D eigenvalue weighted by molar-refractivity contribution is -0.121. The number of nitrogens with zero attached hydrogens (tertiary/aromatic N) is 2. The summed E-state index contributed by atoms with van der Waals surface area (Å²) in [6, 6.07) is 8.18. The number of carbonyl (C=O) groups is 1. The monoisotopic (exact) mass is 357 g/mol. The second kappa shape index (κ2) is 9.60. The van der Waals surface area contributed by atoms with Crippen LogP contribution < -0.4 is 16.0 Å². The van der Waals surface area contributed by atoms with Gasteiger partial charge in [0.05, 0.1) is 12.2 Å². The summed E-state index contributed by atoms with van der Waals surface area (Å²) >= 11 is 0. The maximum Gasteiger partial charge on any atom is 0.226 e. The van der Waals surface area contributed by atoms with Gasteiger partial charge in [0.25, 0.3) is 0 Å². The van der Waals surface area contributed by atoms with Crippen LogP contribution in [-0.2, 0) is 11.3 Å². The van der Waals surface area contributed by atoms with Crippen LogP contribution in [-0.4, -0.2) is 36.5 Å². The molecule has 1 aromatic heterocycles. The standard InChI is InChI=1S/C19H27N5O2/c1-13(2)23-17(25)9-10-21-19(20-4)22-11-16-12-26-18(24-16)15-7-5-14(3)6-8-15/h5-8,12-13H,9-11H2,1-4H3,(H,23,25)(H2,20,21,22). The first-order chi connectivity index (χ1) is 12.5. The molecule has 0 aliphatic carbocycles. The van der Waals surface area contributed by atoms with E-state index in [1.165, 1.54) is 5.56 Å². The molecular formula is C19H27N5O2. The minimum absolute atomic E-state index is 0.0159. The van der Waals surface area contributed by atoms with Gasteiger partial charge >= 0.3 is 0 Å². The highest BCUT2D eigenvalue weighted by Crippen LogP contribution is 2.18. The van der Waals surface area contributed by atoms with Gasteiger partial charge in [-0.25, -0.2) is 4.98 Å². The minimum Gasteiger partial charge on any atom is -0.444 e. The molecule has 2 aromatic rings. The van der Waals surface area contributed by atoms with Crippen molar-refractivity contribution >= 4 is 11.9 Å². The number of rotatable bonds is 7. The van der Waals surface area contributed by atoms with Crippen molar-refractivity contribution < 1.29 is 9.21 Å². The Hall–Kier alpha value is -2.83. The number of hydrogen-bond donors (Lipinski definition) is 3. The average molecular weight is 357 g/mol. The molecule has 140 valence electrons. The van der Waals surface area contributed by atoms with Crippen molar-refractivity contribution in [2.24, 2.45) is 4.99 Å². The zero-order valence-electron chi connectivity index (χ0n) is 15.8. The average Bonchev–Trinajstić information content (AvgIpc) is 3.07. The molecule has 0 fully saturated rings. The molecule has 1 amide bonds. The molecule has 1 aromatic carbocycles. The van der Waals surface area contributed by atoms with Gasteiger partial charge in [0.1, 0.15) is 6.26 Å². The predicted octanol–water partition coefficient (Wildman–Crippen LogP) is 2.23. The van der Waals surface area contributed by atoms with Gasteiger partial charge in [0.15, 0.2) is 5.96 Å². The van der Waals surface area contributed by atoms with Crippen molar-refractivity contribution in [3.8, 4) is 11.5 Å². The lowest BCUT2D eigenvalue weighted by Crippen LogP contribution is -2.39. The van der Waals surface area contributed by atoms with Gasteiger partial charge in [-0.2, -0.15) is 0 Å². The molecule has 0 aliphatic rings. The third-order valence-corrected chi connectivity index (χ3v) is 3.60. The molecule has 1 heterocycles. The Kier molecular flexibility index (Phi) is 7.20. The number of aromatic nitrogens is 1. The highest BCUT2D eigenvalue weighted by molar-refractivity contribution is 5.81. The Morgan fingerprint density at radius 3 is 2.62 bits per heavy atom. The summed E-state index contributed by atoms with van der Waals surface area (Å²) in [7, 11) is 1.68. The molecule has 3 N–H and O–H groups in total. The number of guanidine groups is 1. The van der Waals surface area contributed by atoms with Gasteiger partial charge < -0.3 is 20.4 Å². The van der Waals surface area contributed by atoms with Crippen molar-refractivity contribution in [3.05, 3.63) is 41.8 Å². The first kappa shape index (κ1) is 19.5. The van der Waals surface area contributed by atoms with Crippen LogP contribution in [0.2, 0.25) is 0 Å². The summed E-state index contributed by atoms with van der Waals surface area (Å²) in [5, 5.41) is 9.12. The molecule has 0 bridgehead atoms. The van der Waals surface area contributed by atoms with Gasteiger partial charge in [0, 0.05) is 31.6 Å². The molecule has 0 atom stereocenters. The van der Waals surface area contributed by atoms with Crippen LogP contribution in [0, 0.1) is 6.92 Å². The second-order valence-electron chi connectivity index (χ2n) is 6.33. The number of hydrogen-bond acceptors (Lipinski definition) is 4. The zero-order valence-corrected chi connectivity index (χ0v) is 15.8. The highest BCUT2D eigenvalue weighted by atomic mass is 16.3. The molecule has 0 unspecified atom stereocenters. The van der Waals surface area contributed by atoms with Crippen LogP contribution in [0.5, 0.6) is 0 Å². The number of nitrogens with one attached hydrogen (secondary N) is 3. The molecule has 0 radical (unpaired) electrons. The molecule has 2 rings (SSSR count). The molecule has 0 saturated carbocycles. The molecular weight excluding hydrogens is 330 g/mol. The van der Waals surface area contributed by atoms with Gasteiger partial charge in [-0.15, -0.1) is 0 Å². The Balaban J connectivity index is 1.80. The third kappa shape index (κ3) is 6.23. The first-order valence-electron chi connectivity index (χ1n) is 8.73. The van der Waals surface area contributed by atoms with E-state index >= 15 is 0 Å². The molecule has 0 spiro atoms. The van der Waals surface area contributed by atoms with Crippen LogP contribution in [0.15, 0.2) is 39.9 Å². The molecule has 7 nitrogen and oxygen atoms in total. The number of aliphatic imine (C=N–C) groups is 1. The summed E-state index contributed by atoms with van der Waals surface area (Å²) in [5.74, 6) is 1.22. The maximum atomic E-state index is 11.6. The minimum atomic E-state index is 0.0159. The van der Waals surface area contributed by atoms with Crippen molar-refractivity contribution in [2.45, 2.75) is 39.8 Å². The fourth-order valence-corrected chi connectivity index (χ4v) is 2.30. The van der Waals surface area contributed by atoms with Crippen molar-refractivity contribution in [3.63, 3.8) is 0 Å². The number of amides is 1. The van der Waals surface area contributed by atoms with E-state index in [9.17, 15) is 4.79 Å². The van der Waals surface area contributed by atoms with Gasteiger partial charge in [0.2, 0.25) is 11.8 Å². The highest BCUT2D eigenvalue weighted by Gasteiger charge is 2.08. The van der Waals surface area contributed by atoms with E-state index in [0.29, 0.717) is 31.4 Å². The van der Waals surface area contributed by atoms with Crippen LogP contribution in [0.4, 0.5) is 0 Å². The van der Waals surface area contributed by atoms with E-state index in [2.05, 4.69) is 25.9 Å². The maximum absolute atomic E-state index is 11.6. The Bertz CT molecular complexity index is 735. The van der Waals surface area contributed by atoms with Gasteiger partial charge in [-0.05, 0) is 32.9 Å². The molecule has 7 heteroatoms. The quantitative estimate of drug-likeness (QED) is 0.522. The van der Waals surface area contributed by atoms with Gasteiger partial charge in [-0.1, -0.05) is 17.7 Å². The largest absolute Gasteiger partial charge is 0.444 e. The number of aryl methyl sites for hydroxylation is 1. The SMILES string of the molecule is CN=C(NCCC(=O)NC(C)C)NCc1coc(-c2ccc(C)cc2)n1. The third-order valence-electron chi connectivity index (χ3n) is 3.60. The molecule has 0 aliphatic heterocycles. The van der Waals surface area contributed by atoms with Crippen LogP contribution in [0.3, 0.4) is 0 Å². The van der Waals surface area contributed by atoms with E-state index in [1.807, 2.05) is 45.0 Å². The summed E-state index contributed by atoms with van der Waals surface area (Å²) < 4.78 is 5.54. The number of oxazole rings is 1. The predicted molar refractivity (Wildman–Crippen MR) is 103 cm³/mol. The van der Waals surface area contributed by atoms with E-state index in [4.69, 9.17) is 4.42 Å². The fourth-order valence-electron chi connectivity index (χ4n) is 2.30. The van der Waals surface area contributed by atoms with Crippen LogP contribution in [0.25, 0.3) is 11.5 Å². The van der Waals surface area contributed by atoms with Crippen molar-refractivity contribution in [1.29, 1.82) is 0 Å². The van der Waals surface area contributed by atoms with E-state index in [0.717, 1.165) is 11.3 Å². The summed E-state index contributed by atoms with van der Waals surface area (Å²) in [6.45, 7) is 6.90. The lowest BCUT2D eigenvalue weighted by Gasteiger charge is -2.12. The lowest BCUT2D eigenvalue weighted by atomic mass is 10.1. The summed E-state index contributed by atoms with van der Waals surface area (Å²) in [6.07, 6.45) is 2.02. The van der Waals surface area contributed by atoms with Crippen LogP contribution >= 0.6 is 0 Å². The van der Waals surface area contributed by atoms with Crippen LogP contribution in [0.1, 0.15) is 31.5 Å². The molecule has 0 saturated heterocycles. The second-order valence-corrected chi connectivity index (χ2v) is 6.33. The van der Waals surface area contributed by atoms with E-state index < -0.39 is 0 Å². The summed E-state index contributed by atoms with van der Waals surface area (Å²) in [4.78, 5) is 20.2. The molecule has 26 heavy (non-hydrogen) atoms. The topological polar surface area (TPSA) is 91.5 Å². The Morgan fingerprint density at radius 2 is 1.96 bits per heavy atom. The fraction of sp³-hybridized carbons (Fsp3) is 0.421. The normalized spacial score (nSPS) is 11.5. The first-order valence-corrected chi connectivity index (χ1v) is 8.73.